The third-order valence-electron chi connectivity index (χ3n) is 0.235. The molecule has 0 atom stereocenters. The van der Waals surface area contributed by atoms with Gasteiger partial charge in [0.1, 0.15) is 0 Å². The largest absolute Gasteiger partial charge is 0.344 e. The monoisotopic (exact) mass is 127 g/mol. The highest BCUT2D eigenvalue weighted by molar-refractivity contribution is 7.67. The van der Waals surface area contributed by atoms with Gasteiger partial charge < -0.3 is 6.15 Å². The minimum absolute atomic E-state index is 0. The van der Waals surface area contributed by atoms with Gasteiger partial charge in [0.05, 0.1) is 6.61 Å². The normalized spacial score (nSPS) is 8.29. The maximum absolute atomic E-state index is 9.41. The maximum atomic E-state index is 9.41. The van der Waals surface area contributed by atoms with E-state index >= 15 is 0 Å². The zero-order valence-corrected chi connectivity index (χ0v) is 4.98. The van der Waals surface area contributed by atoms with Crippen molar-refractivity contribution in [2.45, 2.75) is 6.92 Å². The third-order valence-corrected chi connectivity index (χ3v) is 0.704. The van der Waals surface area contributed by atoms with E-state index in [2.05, 4.69) is 4.18 Å². The van der Waals surface area contributed by atoms with E-state index in [-0.39, 0.29) is 12.8 Å². The number of rotatable bonds is 2. The van der Waals surface area contributed by atoms with E-state index in [0.29, 0.717) is 0 Å². The third kappa shape index (κ3) is 10.7. The molecule has 0 aromatic heterocycles. The second kappa shape index (κ2) is 5.87. The summed E-state index contributed by atoms with van der Waals surface area (Å²) < 4.78 is 22.8. The van der Waals surface area contributed by atoms with Crippen LogP contribution in [-0.2, 0) is 15.2 Å². The fraction of sp³-hybridized carbons (Fsp3) is 1.00. The molecule has 0 spiro atoms. The number of hydrogen-bond donors (Lipinski definition) is 2. The lowest BCUT2D eigenvalue weighted by Crippen LogP contribution is -1.83. The highest BCUT2D eigenvalue weighted by atomic mass is 32.2. The standard InChI is InChI=1S/C2H6O3S.H3N/c1-2-5-6(3)4;/h6H,2H2,1H3;1H3. The minimum Gasteiger partial charge on any atom is -0.344 e. The van der Waals surface area contributed by atoms with E-state index in [9.17, 15) is 8.42 Å². The molecule has 0 fully saturated rings. The molecule has 0 aliphatic rings. The second-order valence-corrected chi connectivity index (χ2v) is 1.35. The van der Waals surface area contributed by atoms with E-state index in [0.717, 1.165) is 0 Å². The lowest BCUT2D eigenvalue weighted by atomic mass is 10.9. The van der Waals surface area contributed by atoms with Gasteiger partial charge in [0.25, 0.3) is 11.0 Å². The van der Waals surface area contributed by atoms with Gasteiger partial charge in [0.15, 0.2) is 0 Å². The van der Waals surface area contributed by atoms with Gasteiger partial charge in [-0.25, -0.2) is 8.42 Å². The van der Waals surface area contributed by atoms with Crippen molar-refractivity contribution in [3.05, 3.63) is 0 Å². The zero-order valence-electron chi connectivity index (χ0n) is 4.09. The summed E-state index contributed by atoms with van der Waals surface area (Å²) in [5, 5.41) is 0. The number of hydrogen-bond acceptors (Lipinski definition) is 4. The lowest BCUT2D eigenvalue weighted by Gasteiger charge is -1.78. The van der Waals surface area contributed by atoms with Crippen molar-refractivity contribution in [3.8, 4) is 0 Å². The first-order chi connectivity index (χ1) is 2.77. The molecule has 0 amide bonds. The van der Waals surface area contributed by atoms with Crippen molar-refractivity contribution in [3.63, 3.8) is 0 Å². The maximum Gasteiger partial charge on any atom is 0.257 e. The van der Waals surface area contributed by atoms with Gasteiger partial charge in [-0.1, -0.05) is 0 Å². The van der Waals surface area contributed by atoms with Gasteiger partial charge in [-0.2, -0.15) is 0 Å². The average Bonchev–Trinajstić information content (AvgIpc) is 1.35. The van der Waals surface area contributed by atoms with Crippen molar-refractivity contribution in [2.75, 3.05) is 6.61 Å². The van der Waals surface area contributed by atoms with Crippen LogP contribution in [0.2, 0.25) is 0 Å². The van der Waals surface area contributed by atoms with E-state index < -0.39 is 11.0 Å². The van der Waals surface area contributed by atoms with Crippen molar-refractivity contribution < 1.29 is 12.6 Å². The Balaban J connectivity index is 0. The molecular weight excluding hydrogens is 118 g/mol. The molecule has 0 unspecified atom stereocenters. The summed E-state index contributed by atoms with van der Waals surface area (Å²) in [7, 11) is -2.60. The van der Waals surface area contributed by atoms with Crippen molar-refractivity contribution >= 4 is 11.0 Å². The van der Waals surface area contributed by atoms with Crippen LogP contribution < -0.4 is 6.15 Å². The molecule has 0 aromatic rings. The predicted octanol–water partition coefficient (Wildman–Crippen LogP) is -0.289. The molecule has 0 heterocycles. The summed E-state index contributed by atoms with van der Waals surface area (Å²) in [6.07, 6.45) is 0. The van der Waals surface area contributed by atoms with E-state index in [1.54, 1.807) is 6.92 Å². The fourth-order valence-electron chi connectivity index (χ4n) is 0.105. The first-order valence-electron chi connectivity index (χ1n) is 1.54. The number of thiol groups is 1. The van der Waals surface area contributed by atoms with Crippen LogP contribution in [0.1, 0.15) is 6.92 Å². The Hall–Kier alpha value is -0.130. The van der Waals surface area contributed by atoms with Crippen LogP contribution >= 0.6 is 0 Å². The smallest absolute Gasteiger partial charge is 0.257 e. The highest BCUT2D eigenvalue weighted by Crippen LogP contribution is 1.65. The Kier molecular flexibility index (Phi) is 8.37. The predicted molar refractivity (Wildman–Crippen MR) is 27.0 cm³/mol. The SMILES string of the molecule is CCO[SH](=O)=O.N. The van der Waals surface area contributed by atoms with Crippen LogP contribution in [0.5, 0.6) is 0 Å². The summed E-state index contributed by atoms with van der Waals surface area (Å²) in [5.74, 6) is 0. The molecule has 0 aliphatic heterocycles. The molecular formula is C2H9NO3S. The summed E-state index contributed by atoms with van der Waals surface area (Å²) in [6, 6.07) is 0. The van der Waals surface area contributed by atoms with E-state index in [1.165, 1.54) is 0 Å². The molecule has 0 aliphatic carbocycles. The van der Waals surface area contributed by atoms with Crippen molar-refractivity contribution in [1.29, 1.82) is 0 Å². The molecule has 5 heteroatoms. The van der Waals surface area contributed by atoms with Gasteiger partial charge >= 0.3 is 0 Å². The summed E-state index contributed by atoms with van der Waals surface area (Å²) in [5.41, 5.74) is 0. The Morgan fingerprint density at radius 1 is 1.57 bits per heavy atom. The molecule has 0 bridgehead atoms. The van der Waals surface area contributed by atoms with Gasteiger partial charge in [0.2, 0.25) is 0 Å². The Morgan fingerprint density at radius 2 is 2.00 bits per heavy atom. The average molecular weight is 127 g/mol. The van der Waals surface area contributed by atoms with Gasteiger partial charge in [-0.3, -0.25) is 4.18 Å². The molecule has 4 nitrogen and oxygen atoms in total. The Bertz CT molecular complexity index is 80.9. The van der Waals surface area contributed by atoms with Crippen LogP contribution in [0.25, 0.3) is 0 Å². The lowest BCUT2D eigenvalue weighted by molar-refractivity contribution is 0.354. The first kappa shape index (κ1) is 9.98. The zero-order chi connectivity index (χ0) is 4.99. The van der Waals surface area contributed by atoms with Gasteiger partial charge in [-0.15, -0.1) is 0 Å². The first-order valence-corrected chi connectivity index (χ1v) is 2.64. The van der Waals surface area contributed by atoms with Crippen LogP contribution in [0.3, 0.4) is 0 Å². The molecule has 3 N–H and O–H groups in total. The highest BCUT2D eigenvalue weighted by Gasteiger charge is 1.72. The summed E-state index contributed by atoms with van der Waals surface area (Å²) in [4.78, 5) is 0. The molecule has 0 aromatic carbocycles. The fourth-order valence-corrected chi connectivity index (χ4v) is 0.316. The molecule has 0 saturated heterocycles. The van der Waals surface area contributed by atoms with Crippen LogP contribution in [0, 0.1) is 0 Å². The van der Waals surface area contributed by atoms with E-state index in [1.807, 2.05) is 0 Å². The quantitative estimate of drug-likeness (QED) is 0.500. The van der Waals surface area contributed by atoms with Crippen molar-refractivity contribution in [2.24, 2.45) is 0 Å². The minimum atomic E-state index is -2.60. The second-order valence-electron chi connectivity index (χ2n) is 0.641. The Labute approximate surface area is 44.2 Å². The molecule has 46 valence electrons. The van der Waals surface area contributed by atoms with Crippen LogP contribution in [0.4, 0.5) is 0 Å². The molecule has 0 radical (unpaired) electrons. The summed E-state index contributed by atoms with van der Waals surface area (Å²) >= 11 is 0. The molecule has 7 heavy (non-hydrogen) atoms. The Morgan fingerprint density at radius 3 is 2.00 bits per heavy atom. The van der Waals surface area contributed by atoms with Crippen LogP contribution in [-0.4, -0.2) is 15.0 Å². The summed E-state index contributed by atoms with van der Waals surface area (Å²) in [6.45, 7) is 1.85. The van der Waals surface area contributed by atoms with Crippen LogP contribution in [0.15, 0.2) is 0 Å². The van der Waals surface area contributed by atoms with E-state index in [4.69, 9.17) is 0 Å². The van der Waals surface area contributed by atoms with Gasteiger partial charge in [0, 0.05) is 0 Å². The topological polar surface area (TPSA) is 78.4 Å². The van der Waals surface area contributed by atoms with Crippen molar-refractivity contribution in [1.82, 2.24) is 6.15 Å². The molecule has 0 rings (SSSR count). The van der Waals surface area contributed by atoms with Gasteiger partial charge in [-0.05, 0) is 6.92 Å². The molecule has 0 saturated carbocycles.